The quantitative estimate of drug-likeness (QED) is 0.270. The fourth-order valence-corrected chi connectivity index (χ4v) is 4.58. The molecule has 3 rings (SSSR count). The van der Waals surface area contributed by atoms with Crippen molar-refractivity contribution in [3.63, 3.8) is 0 Å². The molecule has 0 heterocycles. The summed E-state index contributed by atoms with van der Waals surface area (Å²) in [5.74, 6) is 1.46. The van der Waals surface area contributed by atoms with Gasteiger partial charge in [0.25, 0.3) is 10.0 Å². The smallest absolute Gasteiger partial charge is 0.262 e. The highest BCUT2D eigenvalue weighted by Crippen LogP contribution is 2.40. The van der Waals surface area contributed by atoms with Crippen LogP contribution in [-0.4, -0.2) is 49.1 Å². The van der Waals surface area contributed by atoms with Crippen LogP contribution in [0.2, 0.25) is 0 Å². The molecule has 0 aromatic heterocycles. The van der Waals surface area contributed by atoms with E-state index in [0.29, 0.717) is 28.6 Å². The van der Waals surface area contributed by atoms with Crippen molar-refractivity contribution in [2.45, 2.75) is 4.90 Å². The van der Waals surface area contributed by atoms with E-state index >= 15 is 0 Å². The van der Waals surface area contributed by atoms with Gasteiger partial charge in [-0.3, -0.25) is 4.72 Å². The minimum absolute atomic E-state index is 0.0370. The van der Waals surface area contributed by atoms with Crippen molar-refractivity contribution < 1.29 is 37.2 Å². The van der Waals surface area contributed by atoms with Gasteiger partial charge in [0.15, 0.2) is 23.0 Å². The second kappa shape index (κ2) is 11.0. The van der Waals surface area contributed by atoms with Crippen LogP contribution >= 0.6 is 0 Å². The van der Waals surface area contributed by atoms with Gasteiger partial charge in [-0.2, -0.15) is 0 Å². The monoisotopic (exact) mass is 516 g/mol. The zero-order valence-corrected chi connectivity index (χ0v) is 21.3. The number of sulfonamides is 1. The molecule has 0 saturated carbocycles. The Hall–Kier alpha value is -4.25. The second-order valence-electron chi connectivity index (χ2n) is 7.42. The Morgan fingerprint density at radius 2 is 1.31 bits per heavy atom. The lowest BCUT2D eigenvalue weighted by Crippen LogP contribution is -2.14. The van der Waals surface area contributed by atoms with E-state index in [0.717, 1.165) is 5.56 Å². The van der Waals surface area contributed by atoms with Crippen LogP contribution in [0.15, 0.2) is 47.4 Å². The molecule has 0 radical (unpaired) electrons. The topological polar surface area (TPSA) is 139 Å². The standard InChI is InChI=1S/C25H28N2O8S/c1-31-21-9-8-17(14-18(21)26)36(29,30)27-19-10-15(11-20(28)24(19)34-4)6-7-16-12-22(32-2)25(35-5)23(13-16)33-3/h6-14,27-28H,26H2,1-5H3/b7-6-. The van der Waals surface area contributed by atoms with Crippen molar-refractivity contribution in [1.29, 1.82) is 0 Å². The first-order valence-electron chi connectivity index (χ1n) is 10.5. The molecule has 0 aliphatic heterocycles. The molecule has 0 amide bonds. The van der Waals surface area contributed by atoms with Gasteiger partial charge in [0, 0.05) is 0 Å². The minimum Gasteiger partial charge on any atom is -0.504 e. The first-order chi connectivity index (χ1) is 17.2. The highest BCUT2D eigenvalue weighted by molar-refractivity contribution is 7.92. The third-order valence-electron chi connectivity index (χ3n) is 5.21. The van der Waals surface area contributed by atoms with Gasteiger partial charge in [-0.25, -0.2) is 8.42 Å². The van der Waals surface area contributed by atoms with Crippen molar-refractivity contribution in [3.8, 4) is 34.5 Å². The molecule has 192 valence electrons. The molecular weight excluding hydrogens is 488 g/mol. The minimum atomic E-state index is -4.07. The summed E-state index contributed by atoms with van der Waals surface area (Å²) in [6, 6.07) is 10.6. The SMILES string of the molecule is COc1ccc(S(=O)(=O)Nc2cc(/C=C\c3cc(OC)c(OC)c(OC)c3)cc(O)c2OC)cc1N. The van der Waals surface area contributed by atoms with Crippen LogP contribution in [0.5, 0.6) is 34.5 Å². The normalized spacial score (nSPS) is 11.2. The number of rotatable bonds is 10. The van der Waals surface area contributed by atoms with Crippen LogP contribution in [-0.2, 0) is 10.0 Å². The second-order valence-corrected chi connectivity index (χ2v) is 9.10. The first-order valence-corrected chi connectivity index (χ1v) is 12.0. The summed E-state index contributed by atoms with van der Waals surface area (Å²) in [7, 11) is 3.23. The van der Waals surface area contributed by atoms with E-state index in [1.54, 1.807) is 24.3 Å². The maximum absolute atomic E-state index is 13.0. The molecule has 3 aromatic carbocycles. The predicted molar refractivity (Wildman–Crippen MR) is 138 cm³/mol. The van der Waals surface area contributed by atoms with Gasteiger partial charge in [-0.05, 0) is 53.6 Å². The zero-order valence-electron chi connectivity index (χ0n) is 20.5. The summed E-state index contributed by atoms with van der Waals surface area (Å²) < 4.78 is 54.9. The summed E-state index contributed by atoms with van der Waals surface area (Å²) in [6.45, 7) is 0. The van der Waals surface area contributed by atoms with Crippen LogP contribution in [0.1, 0.15) is 11.1 Å². The zero-order chi connectivity index (χ0) is 26.5. The number of hydrogen-bond acceptors (Lipinski definition) is 9. The molecule has 0 bridgehead atoms. The average molecular weight is 517 g/mol. The Morgan fingerprint density at radius 1 is 0.750 bits per heavy atom. The Balaban J connectivity index is 1.99. The van der Waals surface area contributed by atoms with Crippen LogP contribution in [0.4, 0.5) is 11.4 Å². The molecule has 0 aliphatic carbocycles. The van der Waals surface area contributed by atoms with E-state index in [1.165, 1.54) is 65.9 Å². The van der Waals surface area contributed by atoms with Crippen molar-refractivity contribution in [2.24, 2.45) is 0 Å². The molecular formula is C25H28N2O8S. The number of nitrogens with two attached hydrogens (primary N) is 1. The van der Waals surface area contributed by atoms with Gasteiger partial charge in [0.1, 0.15) is 5.75 Å². The number of phenols is 1. The van der Waals surface area contributed by atoms with E-state index in [9.17, 15) is 13.5 Å². The number of aromatic hydroxyl groups is 1. The van der Waals surface area contributed by atoms with Gasteiger partial charge >= 0.3 is 0 Å². The molecule has 0 unspecified atom stereocenters. The van der Waals surface area contributed by atoms with Crippen molar-refractivity contribution in [1.82, 2.24) is 0 Å². The Morgan fingerprint density at radius 3 is 1.81 bits per heavy atom. The van der Waals surface area contributed by atoms with Gasteiger partial charge in [0.2, 0.25) is 5.75 Å². The highest BCUT2D eigenvalue weighted by Gasteiger charge is 2.20. The fourth-order valence-electron chi connectivity index (χ4n) is 3.50. The number of nitrogen functional groups attached to an aromatic ring is 1. The van der Waals surface area contributed by atoms with Crippen molar-refractivity contribution in [2.75, 3.05) is 46.0 Å². The molecule has 3 aromatic rings. The van der Waals surface area contributed by atoms with Crippen molar-refractivity contribution in [3.05, 3.63) is 53.6 Å². The van der Waals surface area contributed by atoms with Crippen LogP contribution in [0.3, 0.4) is 0 Å². The molecule has 0 saturated heterocycles. The lowest BCUT2D eigenvalue weighted by Gasteiger charge is -2.15. The number of nitrogens with one attached hydrogen (secondary N) is 1. The third kappa shape index (κ3) is 5.52. The lowest BCUT2D eigenvalue weighted by atomic mass is 10.1. The van der Waals surface area contributed by atoms with Crippen LogP contribution < -0.4 is 34.1 Å². The highest BCUT2D eigenvalue weighted by atomic mass is 32.2. The van der Waals surface area contributed by atoms with Gasteiger partial charge in [-0.1, -0.05) is 12.2 Å². The molecule has 10 nitrogen and oxygen atoms in total. The number of hydrogen-bond donors (Lipinski definition) is 3. The fraction of sp³-hybridized carbons (Fsp3) is 0.200. The Kier molecular flexibility index (Phi) is 8.05. The molecule has 0 spiro atoms. The van der Waals surface area contributed by atoms with Crippen LogP contribution in [0, 0.1) is 0 Å². The van der Waals surface area contributed by atoms with E-state index in [2.05, 4.69) is 4.72 Å². The number of methoxy groups -OCH3 is 5. The number of phenolic OH excluding ortho intramolecular Hbond substituents is 1. The average Bonchev–Trinajstić information content (AvgIpc) is 2.86. The number of benzene rings is 3. The summed E-state index contributed by atoms with van der Waals surface area (Å²) in [6.07, 6.45) is 3.43. The maximum atomic E-state index is 13.0. The molecule has 0 atom stereocenters. The van der Waals surface area contributed by atoms with Gasteiger partial charge < -0.3 is 34.5 Å². The van der Waals surface area contributed by atoms with E-state index < -0.39 is 10.0 Å². The molecule has 36 heavy (non-hydrogen) atoms. The Bertz CT molecular complexity index is 1360. The predicted octanol–water partition coefficient (Wildman–Crippen LogP) is 3.99. The Labute approximate surface area is 209 Å². The van der Waals surface area contributed by atoms with E-state index in [1.807, 2.05) is 0 Å². The van der Waals surface area contributed by atoms with Gasteiger partial charge in [-0.15, -0.1) is 0 Å². The summed E-state index contributed by atoms with van der Waals surface area (Å²) in [4.78, 5) is -0.0827. The number of ether oxygens (including phenoxy) is 5. The van der Waals surface area contributed by atoms with Gasteiger partial charge in [0.05, 0.1) is 51.8 Å². The van der Waals surface area contributed by atoms with E-state index in [4.69, 9.17) is 29.4 Å². The summed E-state index contributed by atoms with van der Waals surface area (Å²) >= 11 is 0. The molecule has 4 N–H and O–H groups in total. The number of anilines is 2. The molecule has 0 fully saturated rings. The molecule has 0 aliphatic rings. The molecule has 11 heteroatoms. The summed E-state index contributed by atoms with van der Waals surface area (Å²) in [5.41, 5.74) is 7.28. The van der Waals surface area contributed by atoms with E-state index in [-0.39, 0.29) is 27.8 Å². The van der Waals surface area contributed by atoms with Crippen LogP contribution in [0.25, 0.3) is 12.2 Å². The lowest BCUT2D eigenvalue weighted by molar-refractivity contribution is 0.324. The maximum Gasteiger partial charge on any atom is 0.262 e. The first kappa shape index (κ1) is 26.4. The summed E-state index contributed by atoms with van der Waals surface area (Å²) in [5, 5.41) is 10.5. The third-order valence-corrected chi connectivity index (χ3v) is 6.57. The largest absolute Gasteiger partial charge is 0.504 e. The van der Waals surface area contributed by atoms with Crippen molar-refractivity contribution >= 4 is 33.6 Å².